The van der Waals surface area contributed by atoms with Gasteiger partial charge in [-0.25, -0.2) is 0 Å². The highest BCUT2D eigenvalue weighted by Gasteiger charge is 2.16. The fourth-order valence-electron chi connectivity index (χ4n) is 1.54. The molecule has 0 radical (unpaired) electrons. The van der Waals surface area contributed by atoms with Crippen LogP contribution in [0.25, 0.3) is 11.5 Å². The van der Waals surface area contributed by atoms with E-state index in [0.717, 1.165) is 0 Å². The Labute approximate surface area is 108 Å². The lowest BCUT2D eigenvalue weighted by molar-refractivity contribution is -0.384. The number of oxazole rings is 1. The van der Waals surface area contributed by atoms with Crippen LogP contribution in [0.4, 0.5) is 11.6 Å². The maximum atomic E-state index is 10.6. The van der Waals surface area contributed by atoms with Crippen molar-refractivity contribution < 1.29 is 9.34 Å². The van der Waals surface area contributed by atoms with Gasteiger partial charge in [-0.1, -0.05) is 0 Å². The van der Waals surface area contributed by atoms with Crippen LogP contribution >= 0.6 is 0 Å². The van der Waals surface area contributed by atoms with E-state index >= 15 is 0 Å². The highest BCUT2D eigenvalue weighted by atomic mass is 16.6. The van der Waals surface area contributed by atoms with Crippen LogP contribution in [0.15, 0.2) is 28.7 Å². The summed E-state index contributed by atoms with van der Waals surface area (Å²) in [6.07, 6.45) is 0. The molecule has 1 heterocycles. The van der Waals surface area contributed by atoms with Crippen molar-refractivity contribution in [2.24, 2.45) is 0 Å². The molecule has 7 nitrogen and oxygen atoms in total. The van der Waals surface area contributed by atoms with Crippen LogP contribution < -0.4 is 4.90 Å². The van der Waals surface area contributed by atoms with Gasteiger partial charge in [-0.3, -0.25) is 10.1 Å². The average molecular weight is 258 g/mol. The maximum Gasteiger partial charge on any atom is 0.269 e. The molecule has 0 saturated carbocycles. The molecule has 1 aromatic heterocycles. The largest absolute Gasteiger partial charge is 0.419 e. The number of benzene rings is 1. The Morgan fingerprint density at radius 3 is 2.42 bits per heavy atom. The monoisotopic (exact) mass is 258 g/mol. The van der Waals surface area contributed by atoms with Crippen molar-refractivity contribution in [1.29, 1.82) is 5.26 Å². The van der Waals surface area contributed by atoms with Crippen LogP contribution in [0, 0.1) is 21.4 Å². The lowest BCUT2D eigenvalue weighted by atomic mass is 10.2. The van der Waals surface area contributed by atoms with Crippen molar-refractivity contribution in [3.63, 3.8) is 0 Å². The predicted octanol–water partition coefficient (Wildman–Crippen LogP) is 2.19. The third-order valence-electron chi connectivity index (χ3n) is 2.45. The number of aromatic nitrogens is 1. The third kappa shape index (κ3) is 2.37. The summed E-state index contributed by atoms with van der Waals surface area (Å²) >= 11 is 0. The van der Waals surface area contributed by atoms with E-state index in [0.29, 0.717) is 11.4 Å². The summed E-state index contributed by atoms with van der Waals surface area (Å²) in [5.41, 5.74) is 0.747. The van der Waals surface area contributed by atoms with E-state index in [1.807, 2.05) is 6.07 Å². The minimum absolute atomic E-state index is 0.0105. The highest BCUT2D eigenvalue weighted by molar-refractivity contribution is 5.60. The molecule has 0 aliphatic carbocycles. The van der Waals surface area contributed by atoms with Crippen molar-refractivity contribution in [3.8, 4) is 17.5 Å². The number of hydrogen-bond acceptors (Lipinski definition) is 6. The third-order valence-corrected chi connectivity index (χ3v) is 2.45. The molecule has 0 spiro atoms. The normalized spacial score (nSPS) is 9.95. The molecule has 19 heavy (non-hydrogen) atoms. The van der Waals surface area contributed by atoms with E-state index in [1.54, 1.807) is 19.0 Å². The minimum Gasteiger partial charge on any atom is -0.419 e. The number of nitro benzene ring substituents is 1. The average Bonchev–Trinajstić information content (AvgIpc) is 2.83. The van der Waals surface area contributed by atoms with Crippen LogP contribution in [0.1, 0.15) is 5.69 Å². The van der Waals surface area contributed by atoms with Gasteiger partial charge in [-0.2, -0.15) is 10.2 Å². The zero-order chi connectivity index (χ0) is 14.0. The molecule has 0 N–H and O–H groups in total. The Morgan fingerprint density at radius 1 is 1.37 bits per heavy atom. The van der Waals surface area contributed by atoms with E-state index in [1.165, 1.54) is 24.3 Å². The van der Waals surface area contributed by atoms with Crippen LogP contribution in [0.3, 0.4) is 0 Å². The molecule has 0 unspecified atom stereocenters. The molecule has 7 heteroatoms. The van der Waals surface area contributed by atoms with E-state index in [4.69, 9.17) is 9.68 Å². The first-order valence-corrected chi connectivity index (χ1v) is 5.36. The summed E-state index contributed by atoms with van der Waals surface area (Å²) in [6.45, 7) is 0. The van der Waals surface area contributed by atoms with Gasteiger partial charge in [0.1, 0.15) is 6.07 Å². The number of nitriles is 1. The van der Waals surface area contributed by atoms with Crippen LogP contribution in [0.2, 0.25) is 0 Å². The SMILES string of the molecule is CN(C)c1oc(-c2ccc([N+](=O)[O-])cc2)nc1C#N. The summed E-state index contributed by atoms with van der Waals surface area (Å²) in [4.78, 5) is 15.8. The topological polar surface area (TPSA) is 96.2 Å². The summed E-state index contributed by atoms with van der Waals surface area (Å²) in [6, 6.07) is 7.73. The molecule has 0 aliphatic rings. The van der Waals surface area contributed by atoms with Gasteiger partial charge in [0.25, 0.3) is 5.69 Å². The second-order valence-electron chi connectivity index (χ2n) is 3.98. The molecule has 2 aromatic rings. The fourth-order valence-corrected chi connectivity index (χ4v) is 1.54. The van der Waals surface area contributed by atoms with E-state index in [2.05, 4.69) is 4.98 Å². The van der Waals surface area contributed by atoms with Gasteiger partial charge in [0, 0.05) is 31.8 Å². The summed E-state index contributed by atoms with van der Waals surface area (Å²) in [5.74, 6) is 0.617. The molecule has 0 aliphatic heterocycles. The Morgan fingerprint density at radius 2 is 2.00 bits per heavy atom. The molecule has 1 aromatic carbocycles. The van der Waals surface area contributed by atoms with Gasteiger partial charge in [0.15, 0.2) is 0 Å². The van der Waals surface area contributed by atoms with Gasteiger partial charge >= 0.3 is 0 Å². The van der Waals surface area contributed by atoms with Gasteiger partial charge in [-0.05, 0) is 12.1 Å². The molecule has 2 rings (SSSR count). The Hall–Kier alpha value is -2.88. The second-order valence-corrected chi connectivity index (χ2v) is 3.98. The van der Waals surface area contributed by atoms with Gasteiger partial charge in [0.2, 0.25) is 17.5 Å². The quantitative estimate of drug-likeness (QED) is 0.618. The van der Waals surface area contributed by atoms with Crippen molar-refractivity contribution in [2.75, 3.05) is 19.0 Å². The zero-order valence-corrected chi connectivity index (χ0v) is 10.3. The molecule has 0 fully saturated rings. The summed E-state index contributed by atoms with van der Waals surface area (Å²) in [7, 11) is 3.47. The standard InChI is InChI=1S/C12H10N4O3/c1-15(2)12-10(7-13)14-11(19-12)8-3-5-9(6-4-8)16(17)18/h3-6H,1-2H3. The van der Waals surface area contributed by atoms with E-state index in [9.17, 15) is 10.1 Å². The Kier molecular flexibility index (Phi) is 3.16. The number of hydrogen-bond donors (Lipinski definition) is 0. The molecule has 0 amide bonds. The number of nitro groups is 1. The lowest BCUT2D eigenvalue weighted by Crippen LogP contribution is -2.08. The van der Waals surface area contributed by atoms with Crippen molar-refractivity contribution in [2.45, 2.75) is 0 Å². The van der Waals surface area contributed by atoms with Gasteiger partial charge in [0.05, 0.1) is 4.92 Å². The first-order valence-electron chi connectivity index (χ1n) is 5.36. The van der Waals surface area contributed by atoms with Gasteiger partial charge < -0.3 is 9.32 Å². The van der Waals surface area contributed by atoms with E-state index < -0.39 is 4.92 Å². The lowest BCUT2D eigenvalue weighted by Gasteiger charge is -2.06. The molecular formula is C12H10N4O3. The Balaban J connectivity index is 2.42. The predicted molar refractivity (Wildman–Crippen MR) is 67.6 cm³/mol. The second kappa shape index (κ2) is 4.78. The molecule has 0 saturated heterocycles. The van der Waals surface area contributed by atoms with E-state index in [-0.39, 0.29) is 17.3 Å². The Bertz CT molecular complexity index is 653. The number of rotatable bonds is 3. The maximum absolute atomic E-state index is 10.6. The first-order chi connectivity index (χ1) is 9.02. The minimum atomic E-state index is -0.481. The van der Waals surface area contributed by atoms with Gasteiger partial charge in [-0.15, -0.1) is 0 Å². The van der Waals surface area contributed by atoms with Crippen molar-refractivity contribution >= 4 is 11.6 Å². The summed E-state index contributed by atoms with van der Waals surface area (Å²) < 4.78 is 5.48. The van der Waals surface area contributed by atoms with Crippen molar-refractivity contribution in [3.05, 3.63) is 40.1 Å². The van der Waals surface area contributed by atoms with Crippen LogP contribution in [0.5, 0.6) is 0 Å². The summed E-state index contributed by atoms with van der Waals surface area (Å²) in [5, 5.41) is 19.5. The molecular weight excluding hydrogens is 248 g/mol. The van der Waals surface area contributed by atoms with Crippen LogP contribution in [-0.2, 0) is 0 Å². The molecule has 0 atom stereocenters. The highest BCUT2D eigenvalue weighted by Crippen LogP contribution is 2.27. The number of nitrogens with zero attached hydrogens (tertiary/aromatic N) is 4. The van der Waals surface area contributed by atoms with Crippen molar-refractivity contribution in [1.82, 2.24) is 4.98 Å². The smallest absolute Gasteiger partial charge is 0.269 e. The van der Waals surface area contributed by atoms with Crippen LogP contribution in [-0.4, -0.2) is 24.0 Å². The first kappa shape index (κ1) is 12.6. The molecule has 96 valence electrons. The number of anilines is 1. The fraction of sp³-hybridized carbons (Fsp3) is 0.167. The zero-order valence-electron chi connectivity index (χ0n) is 10.3. The number of non-ortho nitro benzene ring substituents is 1. The molecule has 0 bridgehead atoms.